The minimum absolute atomic E-state index is 0.184. The van der Waals surface area contributed by atoms with E-state index in [1.54, 1.807) is 42.5 Å². The van der Waals surface area contributed by atoms with Crippen molar-refractivity contribution in [3.05, 3.63) is 82.4 Å². The topological polar surface area (TPSA) is 84.2 Å². The smallest absolute Gasteiger partial charge is 0.409 e. The third-order valence-electron chi connectivity index (χ3n) is 3.52. The van der Waals surface area contributed by atoms with Gasteiger partial charge in [-0.1, -0.05) is 12.1 Å². The Morgan fingerprint density at radius 3 is 2.60 bits per heavy atom. The summed E-state index contributed by atoms with van der Waals surface area (Å²) in [7, 11) is 0. The van der Waals surface area contributed by atoms with E-state index < -0.39 is 6.09 Å². The van der Waals surface area contributed by atoms with Gasteiger partial charge in [-0.3, -0.25) is 10.1 Å². The minimum atomic E-state index is -1.16. The van der Waals surface area contributed by atoms with Crippen molar-refractivity contribution in [1.82, 2.24) is 9.78 Å². The summed E-state index contributed by atoms with van der Waals surface area (Å²) in [6, 6.07) is 15.5. The van der Waals surface area contributed by atoms with E-state index in [2.05, 4.69) is 10.4 Å². The van der Waals surface area contributed by atoms with Crippen molar-refractivity contribution in [3.63, 3.8) is 0 Å². The maximum Gasteiger partial charge on any atom is 0.409 e. The summed E-state index contributed by atoms with van der Waals surface area (Å²) in [6.07, 6.45) is -1.16. The predicted molar refractivity (Wildman–Crippen MR) is 91.1 cm³/mol. The minimum Gasteiger partial charge on any atom is -0.465 e. The van der Waals surface area contributed by atoms with E-state index in [0.717, 1.165) is 5.56 Å². The second-order valence-corrected chi connectivity index (χ2v) is 5.35. The van der Waals surface area contributed by atoms with Crippen molar-refractivity contribution >= 4 is 11.8 Å². The van der Waals surface area contributed by atoms with Crippen LogP contribution in [0, 0.1) is 5.82 Å². The zero-order valence-electron chi connectivity index (χ0n) is 13.0. The van der Waals surface area contributed by atoms with Crippen LogP contribution >= 0.6 is 0 Å². The van der Waals surface area contributed by atoms with Gasteiger partial charge in [0.05, 0.1) is 12.2 Å². The molecule has 1 aromatic heterocycles. The van der Waals surface area contributed by atoms with Crippen LogP contribution in [-0.4, -0.2) is 21.0 Å². The summed E-state index contributed by atoms with van der Waals surface area (Å²) in [5, 5.41) is 15.3. The van der Waals surface area contributed by atoms with E-state index in [-0.39, 0.29) is 17.9 Å². The number of halogens is 1. The summed E-state index contributed by atoms with van der Waals surface area (Å²) in [5.74, 6) is -0.347. The van der Waals surface area contributed by atoms with Gasteiger partial charge in [-0.25, -0.2) is 13.9 Å². The lowest BCUT2D eigenvalue weighted by atomic mass is 10.1. The van der Waals surface area contributed by atoms with Crippen LogP contribution in [0.5, 0.6) is 0 Å². The maximum absolute atomic E-state index is 13.0. The summed E-state index contributed by atoms with van der Waals surface area (Å²) in [6.45, 7) is 0.184. The standard InChI is InChI=1S/C18H14FN3O3/c19-14-6-4-13(5-7-14)16-8-9-17(23)22(21-16)11-12-2-1-3-15(10-12)20-18(24)25/h1-10,20H,11H2,(H,24,25). The second kappa shape index (κ2) is 6.96. The molecule has 3 aromatic rings. The highest BCUT2D eigenvalue weighted by Gasteiger charge is 2.06. The molecule has 126 valence electrons. The molecule has 0 aliphatic heterocycles. The predicted octanol–water partition coefficient (Wildman–Crippen LogP) is 3.19. The Hall–Kier alpha value is -3.48. The second-order valence-electron chi connectivity index (χ2n) is 5.35. The highest BCUT2D eigenvalue weighted by molar-refractivity contribution is 5.82. The Morgan fingerprint density at radius 2 is 1.88 bits per heavy atom. The number of aromatic nitrogens is 2. The molecule has 0 aliphatic rings. The Balaban J connectivity index is 1.90. The molecule has 1 heterocycles. The van der Waals surface area contributed by atoms with Gasteiger partial charge in [-0.05, 0) is 48.0 Å². The lowest BCUT2D eigenvalue weighted by molar-refractivity contribution is 0.210. The molecule has 0 aliphatic carbocycles. The van der Waals surface area contributed by atoms with Crippen LogP contribution in [0.4, 0.5) is 14.9 Å². The first-order valence-corrected chi connectivity index (χ1v) is 7.44. The third-order valence-corrected chi connectivity index (χ3v) is 3.52. The summed E-state index contributed by atoms with van der Waals surface area (Å²) in [4.78, 5) is 22.8. The van der Waals surface area contributed by atoms with Crippen molar-refractivity contribution in [2.75, 3.05) is 5.32 Å². The van der Waals surface area contributed by atoms with Gasteiger partial charge in [0.25, 0.3) is 5.56 Å². The Morgan fingerprint density at radius 1 is 1.12 bits per heavy atom. The highest BCUT2D eigenvalue weighted by atomic mass is 19.1. The van der Waals surface area contributed by atoms with Crippen LogP contribution in [0.2, 0.25) is 0 Å². The molecular formula is C18H14FN3O3. The molecule has 0 spiro atoms. The van der Waals surface area contributed by atoms with Crippen LogP contribution < -0.4 is 10.9 Å². The monoisotopic (exact) mass is 339 g/mol. The van der Waals surface area contributed by atoms with Gasteiger partial charge in [0.15, 0.2) is 0 Å². The largest absolute Gasteiger partial charge is 0.465 e. The lowest BCUT2D eigenvalue weighted by Crippen LogP contribution is -2.22. The molecule has 25 heavy (non-hydrogen) atoms. The van der Waals surface area contributed by atoms with Gasteiger partial charge < -0.3 is 5.11 Å². The number of amides is 1. The first kappa shape index (κ1) is 16.4. The maximum atomic E-state index is 13.0. The highest BCUT2D eigenvalue weighted by Crippen LogP contribution is 2.16. The van der Waals surface area contributed by atoms with E-state index in [0.29, 0.717) is 16.9 Å². The molecule has 2 N–H and O–H groups in total. The molecule has 1 amide bonds. The molecule has 0 saturated carbocycles. The zero-order valence-corrected chi connectivity index (χ0v) is 13.0. The Kier molecular flexibility index (Phi) is 4.56. The summed E-state index contributed by atoms with van der Waals surface area (Å²) in [5.41, 5.74) is 2.07. The summed E-state index contributed by atoms with van der Waals surface area (Å²) >= 11 is 0. The van der Waals surface area contributed by atoms with Gasteiger partial charge in [-0.15, -0.1) is 0 Å². The van der Waals surface area contributed by atoms with Crippen molar-refractivity contribution in [2.24, 2.45) is 0 Å². The molecule has 0 bridgehead atoms. The van der Waals surface area contributed by atoms with E-state index in [1.807, 2.05) is 0 Å². The Labute approximate surface area is 142 Å². The van der Waals surface area contributed by atoms with Gasteiger partial charge in [0, 0.05) is 17.3 Å². The van der Waals surface area contributed by atoms with Crippen LogP contribution in [0.15, 0.2) is 65.5 Å². The van der Waals surface area contributed by atoms with Crippen molar-refractivity contribution in [3.8, 4) is 11.3 Å². The molecular weight excluding hydrogens is 325 g/mol. The average molecular weight is 339 g/mol. The fourth-order valence-corrected chi connectivity index (χ4v) is 2.38. The quantitative estimate of drug-likeness (QED) is 0.764. The van der Waals surface area contributed by atoms with Crippen molar-refractivity contribution < 1.29 is 14.3 Å². The first-order valence-electron chi connectivity index (χ1n) is 7.44. The van der Waals surface area contributed by atoms with Gasteiger partial charge in [0.1, 0.15) is 5.82 Å². The normalized spacial score (nSPS) is 10.4. The molecule has 2 aromatic carbocycles. The van der Waals surface area contributed by atoms with Crippen LogP contribution in [-0.2, 0) is 6.54 Å². The molecule has 0 saturated heterocycles. The molecule has 0 fully saturated rings. The number of nitrogens with zero attached hydrogens (tertiary/aromatic N) is 2. The van der Waals surface area contributed by atoms with Crippen LogP contribution in [0.1, 0.15) is 5.56 Å². The van der Waals surface area contributed by atoms with Gasteiger partial charge in [0.2, 0.25) is 0 Å². The number of anilines is 1. The zero-order chi connectivity index (χ0) is 17.8. The SMILES string of the molecule is O=C(O)Nc1cccc(Cn2nc(-c3ccc(F)cc3)ccc2=O)c1. The number of nitrogens with one attached hydrogen (secondary N) is 1. The Bertz CT molecular complexity index is 968. The van der Waals surface area contributed by atoms with Gasteiger partial charge >= 0.3 is 6.09 Å². The van der Waals surface area contributed by atoms with Crippen molar-refractivity contribution in [1.29, 1.82) is 0 Å². The fourth-order valence-electron chi connectivity index (χ4n) is 2.38. The average Bonchev–Trinajstić information content (AvgIpc) is 2.57. The van der Waals surface area contributed by atoms with Gasteiger partial charge in [-0.2, -0.15) is 5.10 Å². The first-order chi connectivity index (χ1) is 12.0. The number of rotatable bonds is 4. The number of carboxylic acid groups (broad SMARTS) is 1. The fraction of sp³-hybridized carbons (Fsp3) is 0.0556. The van der Waals surface area contributed by atoms with E-state index in [1.165, 1.54) is 22.9 Å². The molecule has 0 radical (unpaired) electrons. The number of hydrogen-bond donors (Lipinski definition) is 2. The number of hydrogen-bond acceptors (Lipinski definition) is 3. The van der Waals surface area contributed by atoms with E-state index in [4.69, 9.17) is 5.11 Å². The number of benzene rings is 2. The molecule has 3 rings (SSSR count). The molecule has 6 nitrogen and oxygen atoms in total. The lowest BCUT2D eigenvalue weighted by Gasteiger charge is -2.09. The van der Waals surface area contributed by atoms with E-state index >= 15 is 0 Å². The van der Waals surface area contributed by atoms with Crippen LogP contribution in [0.25, 0.3) is 11.3 Å². The molecule has 7 heteroatoms. The van der Waals surface area contributed by atoms with Crippen molar-refractivity contribution in [2.45, 2.75) is 6.54 Å². The molecule has 0 unspecified atom stereocenters. The molecule has 0 atom stereocenters. The summed E-state index contributed by atoms with van der Waals surface area (Å²) < 4.78 is 14.3. The third kappa shape index (κ3) is 4.08. The van der Waals surface area contributed by atoms with Crippen LogP contribution in [0.3, 0.4) is 0 Å². The van der Waals surface area contributed by atoms with E-state index in [9.17, 15) is 14.0 Å². The number of carbonyl (C=O) groups is 1.